The molecule has 2 N–H and O–H groups in total. The summed E-state index contributed by atoms with van der Waals surface area (Å²) in [6.07, 6.45) is 2.74. The van der Waals surface area contributed by atoms with E-state index in [0.29, 0.717) is 6.54 Å². The van der Waals surface area contributed by atoms with Crippen molar-refractivity contribution in [3.8, 4) is 0 Å². The Kier molecular flexibility index (Phi) is 5.76. The summed E-state index contributed by atoms with van der Waals surface area (Å²) in [6.45, 7) is 4.53. The third kappa shape index (κ3) is 4.90. The number of hydrogen-bond donors (Lipinski definition) is 2. The van der Waals surface area contributed by atoms with Gasteiger partial charge in [0.1, 0.15) is 5.82 Å². The number of likely N-dealkylation sites (tertiary alicyclic amines) is 1. The first-order valence-corrected chi connectivity index (χ1v) is 7.10. The van der Waals surface area contributed by atoms with E-state index in [4.69, 9.17) is 0 Å². The van der Waals surface area contributed by atoms with Crippen LogP contribution in [0.3, 0.4) is 0 Å². The fourth-order valence-corrected chi connectivity index (χ4v) is 2.44. The number of halogens is 1. The van der Waals surface area contributed by atoms with Gasteiger partial charge in [-0.15, -0.1) is 0 Å². The van der Waals surface area contributed by atoms with Crippen molar-refractivity contribution in [1.82, 2.24) is 10.2 Å². The van der Waals surface area contributed by atoms with Crippen LogP contribution < -0.4 is 5.32 Å². The van der Waals surface area contributed by atoms with Crippen molar-refractivity contribution in [3.05, 3.63) is 35.6 Å². The zero-order chi connectivity index (χ0) is 13.5. The molecule has 3 nitrogen and oxygen atoms in total. The van der Waals surface area contributed by atoms with E-state index in [1.54, 1.807) is 6.07 Å². The normalized spacial score (nSPS) is 17.8. The molecule has 1 saturated heterocycles. The van der Waals surface area contributed by atoms with Crippen LogP contribution in [0.4, 0.5) is 4.39 Å². The Morgan fingerprint density at radius 2 is 2.00 bits per heavy atom. The van der Waals surface area contributed by atoms with Gasteiger partial charge in [0.15, 0.2) is 0 Å². The molecule has 2 rings (SSSR count). The summed E-state index contributed by atoms with van der Waals surface area (Å²) in [5.74, 6) is -0.139. The molecule has 1 aromatic rings. The predicted molar refractivity (Wildman–Crippen MR) is 74.4 cm³/mol. The number of nitrogens with zero attached hydrogens (tertiary/aromatic N) is 1. The number of benzene rings is 1. The number of aliphatic hydroxyl groups is 1. The molecule has 1 heterocycles. The lowest BCUT2D eigenvalue weighted by molar-refractivity contribution is 0.0821. The van der Waals surface area contributed by atoms with Gasteiger partial charge in [-0.1, -0.05) is 18.2 Å². The van der Waals surface area contributed by atoms with Crippen LogP contribution >= 0.6 is 0 Å². The van der Waals surface area contributed by atoms with E-state index in [1.165, 1.54) is 6.07 Å². The monoisotopic (exact) mass is 266 g/mol. The highest BCUT2D eigenvalue weighted by atomic mass is 19.1. The molecule has 1 aromatic carbocycles. The molecule has 1 aliphatic heterocycles. The van der Waals surface area contributed by atoms with E-state index in [-0.39, 0.29) is 11.9 Å². The van der Waals surface area contributed by atoms with Crippen LogP contribution in [0.15, 0.2) is 24.3 Å². The summed E-state index contributed by atoms with van der Waals surface area (Å²) in [4.78, 5) is 2.39. The van der Waals surface area contributed by atoms with E-state index in [2.05, 4.69) is 10.2 Å². The smallest absolute Gasteiger partial charge is 0.127 e. The molecule has 0 radical (unpaired) electrons. The third-order valence-corrected chi connectivity index (χ3v) is 3.66. The van der Waals surface area contributed by atoms with E-state index in [1.807, 2.05) is 12.1 Å². The van der Waals surface area contributed by atoms with E-state index >= 15 is 0 Å². The maximum absolute atomic E-state index is 13.4. The van der Waals surface area contributed by atoms with Gasteiger partial charge in [0.2, 0.25) is 0 Å². The molecule has 0 saturated carbocycles. The van der Waals surface area contributed by atoms with Gasteiger partial charge in [0.25, 0.3) is 0 Å². The van der Waals surface area contributed by atoms with E-state index < -0.39 is 0 Å². The molecule has 0 unspecified atom stereocenters. The highest BCUT2D eigenvalue weighted by molar-refractivity contribution is 5.16. The molecule has 106 valence electrons. The molecule has 1 fully saturated rings. The minimum Gasteiger partial charge on any atom is -0.393 e. The Labute approximate surface area is 114 Å². The van der Waals surface area contributed by atoms with Crippen LogP contribution in [-0.2, 0) is 6.54 Å². The van der Waals surface area contributed by atoms with Crippen LogP contribution in [-0.4, -0.2) is 42.3 Å². The van der Waals surface area contributed by atoms with Gasteiger partial charge >= 0.3 is 0 Å². The van der Waals surface area contributed by atoms with Crippen LogP contribution in [0.1, 0.15) is 24.8 Å². The Morgan fingerprint density at radius 1 is 1.26 bits per heavy atom. The maximum atomic E-state index is 13.4. The van der Waals surface area contributed by atoms with Gasteiger partial charge in [-0.05, 0) is 38.4 Å². The zero-order valence-electron chi connectivity index (χ0n) is 11.3. The molecule has 0 aliphatic carbocycles. The van der Waals surface area contributed by atoms with Gasteiger partial charge in [0, 0.05) is 25.2 Å². The first kappa shape index (κ1) is 14.4. The number of aliphatic hydroxyl groups excluding tert-OH is 1. The molecule has 0 aromatic heterocycles. The molecular weight excluding hydrogens is 243 g/mol. The Balaban J connectivity index is 1.56. The van der Waals surface area contributed by atoms with Crippen molar-refractivity contribution in [2.45, 2.75) is 31.9 Å². The first-order valence-electron chi connectivity index (χ1n) is 7.10. The predicted octanol–water partition coefficient (Wildman–Crippen LogP) is 1.76. The summed E-state index contributed by atoms with van der Waals surface area (Å²) >= 11 is 0. The van der Waals surface area contributed by atoms with Gasteiger partial charge in [-0.3, -0.25) is 0 Å². The number of rotatable bonds is 6. The highest BCUT2D eigenvalue weighted by Gasteiger charge is 2.15. The van der Waals surface area contributed by atoms with Crippen molar-refractivity contribution < 1.29 is 9.50 Å². The van der Waals surface area contributed by atoms with Gasteiger partial charge < -0.3 is 15.3 Å². The zero-order valence-corrected chi connectivity index (χ0v) is 11.3. The van der Waals surface area contributed by atoms with Crippen molar-refractivity contribution in [2.75, 3.05) is 26.2 Å². The molecule has 0 amide bonds. The number of hydrogen-bond acceptors (Lipinski definition) is 3. The van der Waals surface area contributed by atoms with Crippen molar-refractivity contribution >= 4 is 0 Å². The van der Waals surface area contributed by atoms with E-state index in [9.17, 15) is 9.50 Å². The largest absolute Gasteiger partial charge is 0.393 e. The molecule has 0 bridgehead atoms. The van der Waals surface area contributed by atoms with Crippen LogP contribution in [0.2, 0.25) is 0 Å². The number of nitrogens with one attached hydrogen (secondary N) is 1. The summed E-state index contributed by atoms with van der Waals surface area (Å²) in [5, 5.41) is 12.7. The second kappa shape index (κ2) is 7.58. The van der Waals surface area contributed by atoms with Gasteiger partial charge in [0.05, 0.1) is 6.10 Å². The summed E-state index contributed by atoms with van der Waals surface area (Å²) in [7, 11) is 0. The third-order valence-electron chi connectivity index (χ3n) is 3.66. The van der Waals surface area contributed by atoms with Crippen molar-refractivity contribution in [3.63, 3.8) is 0 Å². The summed E-state index contributed by atoms with van der Waals surface area (Å²) in [5.41, 5.74) is 0.726. The molecule has 1 aliphatic rings. The Bertz CT molecular complexity index is 378. The Hall–Kier alpha value is -0.970. The summed E-state index contributed by atoms with van der Waals surface area (Å²) < 4.78 is 13.4. The quantitative estimate of drug-likeness (QED) is 0.770. The molecular formula is C15H23FN2O. The first-order chi connectivity index (χ1) is 9.25. The standard InChI is InChI=1S/C15H23FN2O/c16-15-5-2-1-4-13(15)12-17-8-3-9-18-10-6-14(19)7-11-18/h1-2,4-5,14,17,19H,3,6-12H2. The lowest BCUT2D eigenvalue weighted by Gasteiger charge is -2.29. The number of piperidine rings is 1. The average molecular weight is 266 g/mol. The van der Waals surface area contributed by atoms with Gasteiger partial charge in [-0.2, -0.15) is 0 Å². The maximum Gasteiger partial charge on any atom is 0.127 e. The summed E-state index contributed by atoms with van der Waals surface area (Å²) in [6, 6.07) is 6.88. The fraction of sp³-hybridized carbons (Fsp3) is 0.600. The van der Waals surface area contributed by atoms with Crippen LogP contribution in [0, 0.1) is 5.82 Å². The average Bonchev–Trinajstić information content (AvgIpc) is 2.42. The van der Waals surface area contributed by atoms with Crippen molar-refractivity contribution in [1.29, 1.82) is 0 Å². The second-order valence-corrected chi connectivity index (χ2v) is 5.19. The highest BCUT2D eigenvalue weighted by Crippen LogP contribution is 2.10. The fourth-order valence-electron chi connectivity index (χ4n) is 2.44. The lowest BCUT2D eigenvalue weighted by Crippen LogP contribution is -2.37. The topological polar surface area (TPSA) is 35.5 Å². The SMILES string of the molecule is OC1CCN(CCCNCc2ccccc2F)CC1. The van der Waals surface area contributed by atoms with E-state index in [0.717, 1.165) is 51.0 Å². The minimum absolute atomic E-state index is 0.101. The molecule has 19 heavy (non-hydrogen) atoms. The minimum atomic E-state index is -0.139. The molecule has 0 spiro atoms. The Morgan fingerprint density at radius 3 is 2.74 bits per heavy atom. The van der Waals surface area contributed by atoms with Crippen molar-refractivity contribution in [2.24, 2.45) is 0 Å². The van der Waals surface area contributed by atoms with Crippen LogP contribution in [0.25, 0.3) is 0 Å². The molecule has 0 atom stereocenters. The van der Waals surface area contributed by atoms with Crippen LogP contribution in [0.5, 0.6) is 0 Å². The molecule has 4 heteroatoms. The second-order valence-electron chi connectivity index (χ2n) is 5.19. The lowest BCUT2D eigenvalue weighted by atomic mass is 10.1. The van der Waals surface area contributed by atoms with Gasteiger partial charge in [-0.25, -0.2) is 4.39 Å².